The van der Waals surface area contributed by atoms with E-state index >= 15 is 0 Å². The zero-order valence-electron chi connectivity index (χ0n) is 24.9. The van der Waals surface area contributed by atoms with Crippen molar-refractivity contribution < 1.29 is 18.8 Å². The van der Waals surface area contributed by atoms with Crippen LogP contribution < -0.4 is 19.4 Å². The van der Waals surface area contributed by atoms with Crippen LogP contribution in [0, 0.1) is 6.92 Å². The molecule has 6 heteroatoms. The van der Waals surface area contributed by atoms with E-state index < -0.39 is 0 Å². The number of methoxy groups -OCH3 is 1. The maximum Gasteiger partial charge on any atom is 0.234 e. The van der Waals surface area contributed by atoms with Gasteiger partial charge in [-0.2, -0.15) is 4.57 Å². The van der Waals surface area contributed by atoms with Gasteiger partial charge in [0.25, 0.3) is 0 Å². The molecule has 0 aliphatic heterocycles. The second kappa shape index (κ2) is 18.5. The molecular formula is C34H49N2O3S+. The SMILES string of the molecule is CCCCCCCCCCCCCCOc1cc(CC(=O)Nc2cccc(C[n+]3ccsc3C)c2)ccc1OC. The van der Waals surface area contributed by atoms with Crippen LogP contribution in [-0.2, 0) is 17.8 Å². The molecule has 218 valence electrons. The van der Waals surface area contributed by atoms with Gasteiger partial charge < -0.3 is 14.8 Å². The van der Waals surface area contributed by atoms with Crippen molar-refractivity contribution in [2.45, 2.75) is 104 Å². The van der Waals surface area contributed by atoms with E-state index in [9.17, 15) is 4.79 Å². The standard InChI is InChI=1S/C34H48N2O3S/c1-4-5-6-7-8-9-10-11-12-13-14-15-22-39-33-25-29(19-20-32(33)38-3)26-34(37)35-31-18-16-17-30(24-31)27-36-21-23-40-28(36)2/h16-21,23-25H,4-15,22,26-27H2,1-3H3/p+1. The molecule has 0 saturated carbocycles. The number of hydrogen-bond acceptors (Lipinski definition) is 4. The van der Waals surface area contributed by atoms with E-state index in [1.54, 1.807) is 18.4 Å². The third-order valence-electron chi connectivity index (χ3n) is 7.30. The molecule has 0 aliphatic carbocycles. The van der Waals surface area contributed by atoms with Crippen LogP contribution in [0.1, 0.15) is 100 Å². The van der Waals surface area contributed by atoms with Crippen LogP contribution in [0.15, 0.2) is 54.0 Å². The predicted octanol–water partition coefficient (Wildman–Crippen LogP) is 8.66. The van der Waals surface area contributed by atoms with E-state index in [1.807, 2.05) is 36.4 Å². The predicted molar refractivity (Wildman–Crippen MR) is 167 cm³/mol. The molecule has 5 nitrogen and oxygen atoms in total. The fourth-order valence-corrected chi connectivity index (χ4v) is 5.61. The van der Waals surface area contributed by atoms with Crippen LogP contribution in [-0.4, -0.2) is 19.6 Å². The Morgan fingerprint density at radius 3 is 2.20 bits per heavy atom. The van der Waals surface area contributed by atoms with Crippen molar-refractivity contribution in [2.75, 3.05) is 19.0 Å². The van der Waals surface area contributed by atoms with E-state index in [-0.39, 0.29) is 12.3 Å². The number of rotatable bonds is 20. The van der Waals surface area contributed by atoms with Gasteiger partial charge in [-0.05, 0) is 36.2 Å². The van der Waals surface area contributed by atoms with Gasteiger partial charge in [0.05, 0.1) is 25.5 Å². The molecule has 1 N–H and O–H groups in total. The molecule has 1 heterocycles. The highest BCUT2D eigenvalue weighted by atomic mass is 32.1. The molecule has 0 aliphatic rings. The molecule has 1 aromatic heterocycles. The van der Waals surface area contributed by atoms with Crippen molar-refractivity contribution in [2.24, 2.45) is 0 Å². The number of ether oxygens (including phenoxy) is 2. The van der Waals surface area contributed by atoms with Crippen molar-refractivity contribution in [3.05, 3.63) is 70.2 Å². The summed E-state index contributed by atoms with van der Waals surface area (Å²) >= 11 is 1.73. The summed E-state index contributed by atoms with van der Waals surface area (Å²) in [6.45, 7) is 5.84. The normalized spacial score (nSPS) is 11.0. The average molecular weight is 566 g/mol. The summed E-state index contributed by atoms with van der Waals surface area (Å²) in [7, 11) is 1.65. The third kappa shape index (κ3) is 11.7. The fraction of sp³-hybridized carbons (Fsp3) is 0.529. The van der Waals surface area contributed by atoms with Gasteiger partial charge in [-0.3, -0.25) is 4.79 Å². The molecule has 0 atom stereocenters. The lowest BCUT2D eigenvalue weighted by atomic mass is 10.1. The topological polar surface area (TPSA) is 51.4 Å². The number of nitrogens with zero attached hydrogens (tertiary/aromatic N) is 1. The maximum atomic E-state index is 12.8. The summed E-state index contributed by atoms with van der Waals surface area (Å²) in [6.07, 6.45) is 18.2. The maximum absolute atomic E-state index is 12.8. The first-order valence-corrected chi connectivity index (χ1v) is 16.1. The lowest BCUT2D eigenvalue weighted by molar-refractivity contribution is -0.689. The molecule has 3 rings (SSSR count). The molecule has 0 saturated heterocycles. The molecule has 3 aromatic rings. The van der Waals surface area contributed by atoms with Crippen LogP contribution >= 0.6 is 11.3 Å². The van der Waals surface area contributed by atoms with Crippen molar-refractivity contribution in [1.82, 2.24) is 0 Å². The highest BCUT2D eigenvalue weighted by molar-refractivity contribution is 7.09. The summed E-state index contributed by atoms with van der Waals surface area (Å²) in [5.74, 6) is 1.37. The van der Waals surface area contributed by atoms with Gasteiger partial charge in [-0.25, -0.2) is 0 Å². The number of aromatic nitrogens is 1. The number of carbonyl (C=O) groups excluding carboxylic acids is 1. The zero-order valence-corrected chi connectivity index (χ0v) is 25.7. The first-order valence-electron chi connectivity index (χ1n) is 15.2. The van der Waals surface area contributed by atoms with E-state index in [2.05, 4.69) is 41.4 Å². The molecule has 0 bridgehead atoms. The smallest absolute Gasteiger partial charge is 0.234 e. The summed E-state index contributed by atoms with van der Waals surface area (Å²) in [5, 5.41) is 6.40. The van der Waals surface area contributed by atoms with Crippen LogP contribution in [0.2, 0.25) is 0 Å². The van der Waals surface area contributed by atoms with Gasteiger partial charge in [-0.1, -0.05) is 107 Å². The molecule has 0 spiro atoms. The van der Waals surface area contributed by atoms with Crippen LogP contribution in [0.5, 0.6) is 11.5 Å². The third-order valence-corrected chi connectivity index (χ3v) is 8.13. The Kier molecular flexibility index (Phi) is 14.6. The molecule has 0 unspecified atom stereocenters. The number of carbonyl (C=O) groups is 1. The Labute approximate surface area is 245 Å². The number of aryl methyl sites for hydroxylation is 1. The quantitative estimate of drug-likeness (QED) is 0.110. The summed E-state index contributed by atoms with van der Waals surface area (Å²) < 4.78 is 13.8. The second-order valence-corrected chi connectivity index (χ2v) is 11.8. The van der Waals surface area contributed by atoms with Gasteiger partial charge in [-0.15, -0.1) is 0 Å². The number of thiazole rings is 1. The van der Waals surface area contributed by atoms with Crippen molar-refractivity contribution >= 4 is 22.9 Å². The summed E-state index contributed by atoms with van der Waals surface area (Å²) in [6, 6.07) is 13.8. The van der Waals surface area contributed by atoms with Gasteiger partial charge in [0.2, 0.25) is 10.9 Å². The summed E-state index contributed by atoms with van der Waals surface area (Å²) in [4.78, 5) is 12.8. The highest BCUT2D eigenvalue weighted by Crippen LogP contribution is 2.29. The molecule has 40 heavy (non-hydrogen) atoms. The lowest BCUT2D eigenvalue weighted by Crippen LogP contribution is -2.34. The average Bonchev–Trinajstić information content (AvgIpc) is 3.35. The van der Waals surface area contributed by atoms with Crippen molar-refractivity contribution in [3.8, 4) is 11.5 Å². The number of benzene rings is 2. The first kappa shape index (κ1) is 31.7. The van der Waals surface area contributed by atoms with E-state index in [4.69, 9.17) is 9.47 Å². The Morgan fingerprint density at radius 2 is 1.55 bits per heavy atom. The Balaban J connectivity index is 1.37. The first-order chi connectivity index (χ1) is 19.6. The van der Waals surface area contributed by atoms with E-state index in [1.165, 1.54) is 75.6 Å². The lowest BCUT2D eigenvalue weighted by Gasteiger charge is -2.13. The Morgan fingerprint density at radius 1 is 0.850 bits per heavy atom. The molecular weight excluding hydrogens is 516 g/mol. The number of amides is 1. The minimum absolute atomic E-state index is 0.0476. The van der Waals surface area contributed by atoms with Crippen LogP contribution in [0.25, 0.3) is 0 Å². The van der Waals surface area contributed by atoms with Crippen molar-refractivity contribution in [3.63, 3.8) is 0 Å². The van der Waals surface area contributed by atoms with Gasteiger partial charge in [0, 0.05) is 18.2 Å². The summed E-state index contributed by atoms with van der Waals surface area (Å²) in [5.41, 5.74) is 2.87. The van der Waals surface area contributed by atoms with Crippen molar-refractivity contribution in [1.29, 1.82) is 0 Å². The van der Waals surface area contributed by atoms with Crippen LogP contribution in [0.3, 0.4) is 0 Å². The van der Waals surface area contributed by atoms with Gasteiger partial charge in [0.15, 0.2) is 24.2 Å². The van der Waals surface area contributed by atoms with E-state index in [0.717, 1.165) is 29.8 Å². The largest absolute Gasteiger partial charge is 0.493 e. The highest BCUT2D eigenvalue weighted by Gasteiger charge is 2.12. The minimum atomic E-state index is -0.0476. The zero-order chi connectivity index (χ0) is 28.4. The number of anilines is 1. The number of nitrogens with one attached hydrogen (secondary N) is 1. The fourth-order valence-electron chi connectivity index (χ4n) is 4.94. The number of unbranched alkanes of at least 4 members (excludes halogenated alkanes) is 11. The Hall–Kier alpha value is -2.86. The van der Waals surface area contributed by atoms with Gasteiger partial charge >= 0.3 is 0 Å². The minimum Gasteiger partial charge on any atom is -0.493 e. The second-order valence-electron chi connectivity index (χ2n) is 10.7. The molecule has 0 radical (unpaired) electrons. The Bertz CT molecular complexity index is 1140. The number of hydrogen-bond donors (Lipinski definition) is 1. The molecule has 0 fully saturated rings. The molecule has 1 amide bonds. The monoisotopic (exact) mass is 565 g/mol. The van der Waals surface area contributed by atoms with Gasteiger partial charge in [0.1, 0.15) is 0 Å². The molecule has 2 aromatic carbocycles. The van der Waals surface area contributed by atoms with E-state index in [0.29, 0.717) is 18.1 Å². The van der Waals surface area contributed by atoms with Crippen LogP contribution in [0.4, 0.5) is 5.69 Å².